The highest BCUT2D eigenvalue weighted by molar-refractivity contribution is 5.28. The summed E-state index contributed by atoms with van der Waals surface area (Å²) in [6.07, 6.45) is 2.33. The minimum Gasteiger partial charge on any atom is -0.481 e. The third-order valence-corrected chi connectivity index (χ3v) is 2.55. The Balaban J connectivity index is 2.79. The first-order valence-corrected chi connectivity index (χ1v) is 5.23. The molecular formula is C11H19N3O2. The minimum atomic E-state index is 0.253. The molecule has 0 fully saturated rings. The van der Waals surface area contributed by atoms with Crippen molar-refractivity contribution in [3.63, 3.8) is 0 Å². The number of nitrogens with one attached hydrogen (secondary N) is 1. The molecule has 1 N–H and O–H groups in total. The fourth-order valence-electron chi connectivity index (χ4n) is 1.56. The Bertz CT molecular complexity index is 331. The van der Waals surface area contributed by atoms with Crippen LogP contribution in [-0.2, 0) is 11.2 Å². The van der Waals surface area contributed by atoms with E-state index in [0.717, 1.165) is 17.7 Å². The highest BCUT2D eigenvalue weighted by Crippen LogP contribution is 2.16. The van der Waals surface area contributed by atoms with Crippen LogP contribution in [0.5, 0.6) is 5.88 Å². The van der Waals surface area contributed by atoms with Gasteiger partial charge in [-0.25, -0.2) is 9.97 Å². The smallest absolute Gasteiger partial charge is 0.219 e. The van der Waals surface area contributed by atoms with Crippen molar-refractivity contribution >= 4 is 0 Å². The lowest BCUT2D eigenvalue weighted by Gasteiger charge is -2.16. The third kappa shape index (κ3) is 3.15. The van der Waals surface area contributed by atoms with Crippen molar-refractivity contribution in [2.45, 2.75) is 19.4 Å². The Kier molecular flexibility index (Phi) is 5.14. The molecule has 5 heteroatoms. The van der Waals surface area contributed by atoms with Gasteiger partial charge in [-0.2, -0.15) is 0 Å². The average Bonchev–Trinajstić information content (AvgIpc) is 2.31. The molecule has 0 saturated carbocycles. The van der Waals surface area contributed by atoms with Gasteiger partial charge in [0.2, 0.25) is 5.88 Å². The average molecular weight is 225 g/mol. The SMILES string of the molecule is CNC(COC)Cc1ncnc(OC)c1C. The van der Waals surface area contributed by atoms with E-state index in [0.29, 0.717) is 12.5 Å². The highest BCUT2D eigenvalue weighted by Gasteiger charge is 2.12. The molecule has 1 rings (SSSR count). The van der Waals surface area contributed by atoms with Crippen LogP contribution in [-0.4, -0.2) is 43.9 Å². The summed E-state index contributed by atoms with van der Waals surface area (Å²) in [5.74, 6) is 0.636. The lowest BCUT2D eigenvalue weighted by Crippen LogP contribution is -2.32. The molecule has 1 atom stereocenters. The Labute approximate surface area is 96.2 Å². The largest absolute Gasteiger partial charge is 0.481 e. The van der Waals surface area contributed by atoms with Crippen molar-refractivity contribution in [1.82, 2.24) is 15.3 Å². The van der Waals surface area contributed by atoms with Crippen molar-refractivity contribution in [2.75, 3.05) is 27.9 Å². The second kappa shape index (κ2) is 6.40. The molecule has 0 aliphatic rings. The van der Waals surface area contributed by atoms with Gasteiger partial charge in [-0.3, -0.25) is 0 Å². The molecule has 0 amide bonds. The van der Waals surface area contributed by atoms with Crippen LogP contribution in [0, 0.1) is 6.92 Å². The van der Waals surface area contributed by atoms with Gasteiger partial charge in [0.1, 0.15) is 6.33 Å². The van der Waals surface area contributed by atoms with Gasteiger partial charge >= 0.3 is 0 Å². The number of aromatic nitrogens is 2. The maximum Gasteiger partial charge on any atom is 0.219 e. The molecule has 1 unspecified atom stereocenters. The lowest BCUT2D eigenvalue weighted by molar-refractivity contribution is 0.169. The third-order valence-electron chi connectivity index (χ3n) is 2.55. The number of likely N-dealkylation sites (N-methyl/N-ethyl adjacent to an activating group) is 1. The number of rotatable bonds is 6. The number of methoxy groups -OCH3 is 2. The molecule has 1 aromatic rings. The van der Waals surface area contributed by atoms with Crippen LogP contribution in [0.3, 0.4) is 0 Å². The van der Waals surface area contributed by atoms with Crippen molar-refractivity contribution in [1.29, 1.82) is 0 Å². The van der Waals surface area contributed by atoms with Crippen molar-refractivity contribution in [3.8, 4) is 5.88 Å². The summed E-state index contributed by atoms with van der Waals surface area (Å²) in [5.41, 5.74) is 1.98. The van der Waals surface area contributed by atoms with E-state index in [1.807, 2.05) is 14.0 Å². The summed E-state index contributed by atoms with van der Waals surface area (Å²) in [7, 11) is 5.22. The van der Waals surface area contributed by atoms with Gasteiger partial charge in [-0.1, -0.05) is 0 Å². The van der Waals surface area contributed by atoms with Gasteiger partial charge in [0.15, 0.2) is 0 Å². The number of ether oxygens (including phenoxy) is 2. The molecule has 0 bridgehead atoms. The molecule has 0 radical (unpaired) electrons. The molecule has 16 heavy (non-hydrogen) atoms. The van der Waals surface area contributed by atoms with E-state index in [1.165, 1.54) is 6.33 Å². The van der Waals surface area contributed by atoms with Gasteiger partial charge in [-0.05, 0) is 14.0 Å². The summed E-state index contributed by atoms with van der Waals surface area (Å²) in [4.78, 5) is 8.32. The monoisotopic (exact) mass is 225 g/mol. The molecule has 1 heterocycles. The minimum absolute atomic E-state index is 0.253. The van der Waals surface area contributed by atoms with Crippen LogP contribution in [0.15, 0.2) is 6.33 Å². The molecule has 5 nitrogen and oxygen atoms in total. The van der Waals surface area contributed by atoms with Gasteiger partial charge in [0.25, 0.3) is 0 Å². The lowest BCUT2D eigenvalue weighted by atomic mass is 10.1. The topological polar surface area (TPSA) is 56.3 Å². The Morgan fingerprint density at radius 2 is 2.12 bits per heavy atom. The Hall–Kier alpha value is -1.20. The first-order chi connectivity index (χ1) is 7.72. The zero-order chi connectivity index (χ0) is 12.0. The molecular weight excluding hydrogens is 206 g/mol. The molecule has 0 aromatic carbocycles. The second-order valence-corrected chi connectivity index (χ2v) is 3.60. The van der Waals surface area contributed by atoms with E-state index in [1.54, 1.807) is 14.2 Å². The Morgan fingerprint density at radius 3 is 2.69 bits per heavy atom. The first-order valence-electron chi connectivity index (χ1n) is 5.23. The summed E-state index contributed by atoms with van der Waals surface area (Å²) in [6.45, 7) is 2.62. The van der Waals surface area contributed by atoms with Crippen LogP contribution in [0.1, 0.15) is 11.3 Å². The summed E-state index contributed by atoms with van der Waals surface area (Å²) in [6, 6.07) is 0.253. The fourth-order valence-corrected chi connectivity index (χ4v) is 1.56. The zero-order valence-electron chi connectivity index (χ0n) is 10.3. The van der Waals surface area contributed by atoms with Crippen molar-refractivity contribution in [2.24, 2.45) is 0 Å². The van der Waals surface area contributed by atoms with Gasteiger partial charge in [0, 0.05) is 25.1 Å². The zero-order valence-corrected chi connectivity index (χ0v) is 10.3. The number of hydrogen-bond acceptors (Lipinski definition) is 5. The normalized spacial score (nSPS) is 12.5. The van der Waals surface area contributed by atoms with E-state index >= 15 is 0 Å². The molecule has 0 spiro atoms. The van der Waals surface area contributed by atoms with Crippen molar-refractivity contribution in [3.05, 3.63) is 17.6 Å². The van der Waals surface area contributed by atoms with E-state index in [2.05, 4.69) is 15.3 Å². The number of nitrogens with zero attached hydrogens (tertiary/aromatic N) is 2. The van der Waals surface area contributed by atoms with E-state index in [-0.39, 0.29) is 6.04 Å². The number of hydrogen-bond donors (Lipinski definition) is 1. The van der Waals surface area contributed by atoms with Crippen LogP contribution in [0.2, 0.25) is 0 Å². The molecule has 0 saturated heterocycles. The van der Waals surface area contributed by atoms with Gasteiger partial charge in [0.05, 0.1) is 19.4 Å². The maximum absolute atomic E-state index is 5.16. The first kappa shape index (κ1) is 12.9. The summed E-state index contributed by atoms with van der Waals surface area (Å²) < 4.78 is 10.3. The fraction of sp³-hybridized carbons (Fsp3) is 0.636. The summed E-state index contributed by atoms with van der Waals surface area (Å²) >= 11 is 0. The molecule has 1 aromatic heterocycles. The predicted octanol–water partition coefficient (Wildman–Crippen LogP) is 0.571. The quantitative estimate of drug-likeness (QED) is 0.767. The highest BCUT2D eigenvalue weighted by atomic mass is 16.5. The predicted molar refractivity (Wildman–Crippen MR) is 61.7 cm³/mol. The summed E-state index contributed by atoms with van der Waals surface area (Å²) in [5, 5.41) is 3.19. The maximum atomic E-state index is 5.16. The molecule has 0 aliphatic heterocycles. The van der Waals surface area contributed by atoms with Gasteiger partial charge in [-0.15, -0.1) is 0 Å². The van der Waals surface area contributed by atoms with Gasteiger partial charge < -0.3 is 14.8 Å². The molecule has 90 valence electrons. The van der Waals surface area contributed by atoms with Crippen LogP contribution < -0.4 is 10.1 Å². The van der Waals surface area contributed by atoms with Crippen molar-refractivity contribution < 1.29 is 9.47 Å². The van der Waals surface area contributed by atoms with Crippen LogP contribution in [0.25, 0.3) is 0 Å². The van der Waals surface area contributed by atoms with E-state index in [9.17, 15) is 0 Å². The van der Waals surface area contributed by atoms with Crippen LogP contribution >= 0.6 is 0 Å². The second-order valence-electron chi connectivity index (χ2n) is 3.60. The standard InChI is InChI=1S/C11H19N3O2/c1-8-10(5-9(12-2)6-15-3)13-7-14-11(8)16-4/h7,9,12H,5-6H2,1-4H3. The Morgan fingerprint density at radius 1 is 1.38 bits per heavy atom. The van der Waals surface area contributed by atoms with Crippen LogP contribution in [0.4, 0.5) is 0 Å². The van der Waals surface area contributed by atoms with E-state index in [4.69, 9.17) is 9.47 Å². The molecule has 0 aliphatic carbocycles. The van der Waals surface area contributed by atoms with E-state index < -0.39 is 0 Å².